The molecule has 0 rings (SSSR count). The normalized spacial score (nSPS) is 13.7. The van der Waals surface area contributed by atoms with Crippen molar-refractivity contribution >= 4 is 0 Å². The topological polar surface area (TPSA) is 35.2 Å². The lowest BCUT2D eigenvalue weighted by Gasteiger charge is -2.07. The second-order valence-corrected chi connectivity index (χ2v) is 2.24. The van der Waals surface area contributed by atoms with Gasteiger partial charge in [0.15, 0.2) is 0 Å². The Hall–Kier alpha value is -0.0800. The van der Waals surface area contributed by atoms with E-state index in [-0.39, 0.29) is 6.04 Å². The minimum atomic E-state index is 0.233. The van der Waals surface area contributed by atoms with Gasteiger partial charge in [0.2, 0.25) is 0 Å². The van der Waals surface area contributed by atoms with Crippen LogP contribution in [0.15, 0.2) is 0 Å². The summed E-state index contributed by atoms with van der Waals surface area (Å²) in [4.78, 5) is 0. The van der Waals surface area contributed by atoms with Gasteiger partial charge in [0.1, 0.15) is 0 Å². The molecule has 0 aromatic rings. The molecule has 0 spiro atoms. The second-order valence-electron chi connectivity index (χ2n) is 2.24. The van der Waals surface area contributed by atoms with Crippen molar-refractivity contribution in [1.82, 2.24) is 0 Å². The van der Waals surface area contributed by atoms with Crippen LogP contribution in [-0.2, 0) is 4.74 Å². The van der Waals surface area contributed by atoms with Crippen LogP contribution in [0.4, 0.5) is 0 Å². The fourth-order valence-corrected chi connectivity index (χ4v) is 0.497. The predicted octanol–water partition coefficient (Wildman–Crippen LogP) is 1.15. The van der Waals surface area contributed by atoms with Crippen molar-refractivity contribution in [3.8, 4) is 0 Å². The zero-order valence-electron chi connectivity index (χ0n) is 6.39. The van der Waals surface area contributed by atoms with E-state index in [0.717, 1.165) is 19.4 Å². The lowest BCUT2D eigenvalue weighted by atomic mass is 10.3. The minimum Gasteiger partial charge on any atom is -0.380 e. The molecule has 0 fully saturated rings. The van der Waals surface area contributed by atoms with Gasteiger partial charge in [-0.25, -0.2) is 0 Å². The molecule has 0 aliphatic carbocycles. The van der Waals surface area contributed by atoms with Gasteiger partial charge >= 0.3 is 0 Å². The van der Waals surface area contributed by atoms with Gasteiger partial charge in [0, 0.05) is 12.6 Å². The quantitative estimate of drug-likeness (QED) is 0.568. The molecule has 0 aromatic heterocycles. The van der Waals surface area contributed by atoms with Crippen LogP contribution < -0.4 is 5.73 Å². The van der Waals surface area contributed by atoms with E-state index < -0.39 is 0 Å². The molecule has 0 bridgehead atoms. The summed E-state index contributed by atoms with van der Waals surface area (Å²) < 4.78 is 5.21. The molecule has 0 saturated carbocycles. The smallest absolute Gasteiger partial charge is 0.0617 e. The number of hydrogen-bond acceptors (Lipinski definition) is 2. The van der Waals surface area contributed by atoms with Gasteiger partial charge in [-0.05, 0) is 12.8 Å². The lowest BCUT2D eigenvalue weighted by molar-refractivity contribution is 0.120. The summed E-state index contributed by atoms with van der Waals surface area (Å²) in [5.74, 6) is 0. The summed E-state index contributed by atoms with van der Waals surface area (Å²) in [6.07, 6.45) is 2.08. The predicted molar refractivity (Wildman–Crippen MR) is 39.4 cm³/mol. The van der Waals surface area contributed by atoms with Crippen molar-refractivity contribution in [1.29, 1.82) is 0 Å². The maximum Gasteiger partial charge on any atom is 0.0617 e. The Morgan fingerprint density at radius 1 is 1.44 bits per heavy atom. The van der Waals surface area contributed by atoms with Crippen molar-refractivity contribution < 1.29 is 4.74 Å². The third kappa shape index (κ3) is 5.80. The Morgan fingerprint density at radius 3 is 2.56 bits per heavy atom. The van der Waals surface area contributed by atoms with Crippen molar-refractivity contribution in [2.75, 3.05) is 13.2 Å². The van der Waals surface area contributed by atoms with E-state index in [2.05, 4.69) is 13.8 Å². The van der Waals surface area contributed by atoms with E-state index in [4.69, 9.17) is 10.5 Å². The molecule has 1 atom stereocenters. The van der Waals surface area contributed by atoms with Gasteiger partial charge in [-0.2, -0.15) is 0 Å². The van der Waals surface area contributed by atoms with Crippen LogP contribution >= 0.6 is 0 Å². The first kappa shape index (κ1) is 8.92. The highest BCUT2D eigenvalue weighted by molar-refractivity contribution is 4.54. The standard InChI is InChI=1S/C7H17NO/c1-3-5-9-6-7(8)4-2/h7H,3-6,8H2,1-2H3/t7-/m0/s1. The van der Waals surface area contributed by atoms with E-state index in [1.165, 1.54) is 0 Å². The van der Waals surface area contributed by atoms with Crippen LogP contribution in [0, 0.1) is 0 Å². The zero-order valence-corrected chi connectivity index (χ0v) is 6.39. The Bertz CT molecular complexity index is 56.9. The molecule has 9 heavy (non-hydrogen) atoms. The van der Waals surface area contributed by atoms with Gasteiger partial charge < -0.3 is 10.5 Å². The Morgan fingerprint density at radius 2 is 2.11 bits per heavy atom. The van der Waals surface area contributed by atoms with E-state index in [1.807, 2.05) is 0 Å². The summed E-state index contributed by atoms with van der Waals surface area (Å²) >= 11 is 0. The van der Waals surface area contributed by atoms with E-state index in [0.29, 0.717) is 6.61 Å². The lowest BCUT2D eigenvalue weighted by Crippen LogP contribution is -2.25. The first-order valence-corrected chi connectivity index (χ1v) is 3.64. The van der Waals surface area contributed by atoms with Crippen LogP contribution in [0.5, 0.6) is 0 Å². The van der Waals surface area contributed by atoms with Gasteiger partial charge in [-0.15, -0.1) is 0 Å². The van der Waals surface area contributed by atoms with Crippen molar-refractivity contribution in [2.24, 2.45) is 5.73 Å². The number of hydrogen-bond donors (Lipinski definition) is 1. The average molecular weight is 131 g/mol. The van der Waals surface area contributed by atoms with E-state index in [9.17, 15) is 0 Å². The Kier molecular flexibility index (Phi) is 5.99. The van der Waals surface area contributed by atoms with Crippen molar-refractivity contribution in [3.05, 3.63) is 0 Å². The minimum absolute atomic E-state index is 0.233. The largest absolute Gasteiger partial charge is 0.380 e. The molecular weight excluding hydrogens is 114 g/mol. The van der Waals surface area contributed by atoms with Crippen molar-refractivity contribution in [2.45, 2.75) is 32.7 Å². The SMILES string of the molecule is CCCOC[C@@H](N)CC. The molecule has 2 N–H and O–H groups in total. The highest BCUT2D eigenvalue weighted by Crippen LogP contribution is 1.87. The molecule has 0 aromatic carbocycles. The van der Waals surface area contributed by atoms with Crippen LogP contribution in [-0.4, -0.2) is 19.3 Å². The van der Waals surface area contributed by atoms with E-state index >= 15 is 0 Å². The molecule has 56 valence electrons. The van der Waals surface area contributed by atoms with Gasteiger partial charge in [-0.3, -0.25) is 0 Å². The van der Waals surface area contributed by atoms with Crippen LogP contribution in [0.1, 0.15) is 26.7 Å². The van der Waals surface area contributed by atoms with Gasteiger partial charge in [0.05, 0.1) is 6.61 Å². The van der Waals surface area contributed by atoms with Gasteiger partial charge in [-0.1, -0.05) is 13.8 Å². The number of ether oxygens (including phenoxy) is 1. The van der Waals surface area contributed by atoms with E-state index in [1.54, 1.807) is 0 Å². The summed E-state index contributed by atoms with van der Waals surface area (Å²) in [5, 5.41) is 0. The Balaban J connectivity index is 2.88. The zero-order chi connectivity index (χ0) is 7.11. The average Bonchev–Trinajstić information content (AvgIpc) is 1.89. The highest BCUT2D eigenvalue weighted by Gasteiger charge is 1.95. The monoisotopic (exact) mass is 131 g/mol. The molecule has 2 nitrogen and oxygen atoms in total. The maximum absolute atomic E-state index is 5.59. The molecular formula is C7H17NO. The molecule has 0 aliphatic heterocycles. The molecule has 2 heteroatoms. The fourth-order valence-electron chi connectivity index (χ4n) is 0.497. The van der Waals surface area contributed by atoms with Crippen LogP contribution in [0.2, 0.25) is 0 Å². The van der Waals surface area contributed by atoms with Crippen LogP contribution in [0.3, 0.4) is 0 Å². The summed E-state index contributed by atoms with van der Waals surface area (Å²) in [7, 11) is 0. The fraction of sp³-hybridized carbons (Fsp3) is 1.00. The number of nitrogens with two attached hydrogens (primary N) is 1. The highest BCUT2D eigenvalue weighted by atomic mass is 16.5. The summed E-state index contributed by atoms with van der Waals surface area (Å²) in [6, 6.07) is 0.233. The third-order valence-electron chi connectivity index (χ3n) is 1.20. The summed E-state index contributed by atoms with van der Waals surface area (Å²) in [6.45, 7) is 5.72. The molecule has 0 amide bonds. The third-order valence-corrected chi connectivity index (χ3v) is 1.20. The number of rotatable bonds is 5. The first-order chi connectivity index (χ1) is 4.31. The molecule has 0 aliphatic rings. The molecule has 0 saturated heterocycles. The van der Waals surface area contributed by atoms with Crippen molar-refractivity contribution in [3.63, 3.8) is 0 Å². The molecule has 0 unspecified atom stereocenters. The van der Waals surface area contributed by atoms with Crippen LogP contribution in [0.25, 0.3) is 0 Å². The molecule has 0 heterocycles. The summed E-state index contributed by atoms with van der Waals surface area (Å²) in [5.41, 5.74) is 5.59. The second kappa shape index (κ2) is 6.05. The maximum atomic E-state index is 5.59. The first-order valence-electron chi connectivity index (χ1n) is 3.64. The molecule has 0 radical (unpaired) electrons. The van der Waals surface area contributed by atoms with Gasteiger partial charge in [0.25, 0.3) is 0 Å². The Labute approximate surface area is 57.4 Å².